The normalized spacial score (nSPS) is 10.6. The summed E-state index contributed by atoms with van der Waals surface area (Å²) in [5.74, 6) is 0.272. The maximum Gasteiger partial charge on any atom is 0.348 e. The lowest BCUT2D eigenvalue weighted by Crippen LogP contribution is -2.16. The molecule has 0 aliphatic heterocycles. The topological polar surface area (TPSA) is 140 Å². The standard InChI is InChI=1S/C25H30N4O8S2/c1-8-36-23(31)18-13(3)20(24(32)37-9-2)39-22(18)26-17(30)12-38-25-28-27-21(29(25)4)14-10-15(33-5)19(35-7)16(11-14)34-6/h10-11H,8-9,12H2,1-7H3,(H,26,30). The molecular weight excluding hydrogens is 548 g/mol. The molecule has 12 nitrogen and oxygen atoms in total. The average Bonchev–Trinajstić information content (AvgIpc) is 3.45. The summed E-state index contributed by atoms with van der Waals surface area (Å²) < 4.78 is 28.2. The van der Waals surface area contributed by atoms with Crippen molar-refractivity contribution in [1.82, 2.24) is 14.8 Å². The number of esters is 2. The molecule has 0 spiro atoms. The molecule has 0 aliphatic carbocycles. The van der Waals surface area contributed by atoms with E-state index in [1.807, 2.05) is 0 Å². The molecule has 2 aromatic heterocycles. The molecule has 1 amide bonds. The van der Waals surface area contributed by atoms with Crippen molar-refractivity contribution in [3.05, 3.63) is 28.1 Å². The molecule has 3 rings (SSSR count). The monoisotopic (exact) mass is 578 g/mol. The fourth-order valence-corrected chi connectivity index (χ4v) is 5.45. The largest absolute Gasteiger partial charge is 0.493 e. The summed E-state index contributed by atoms with van der Waals surface area (Å²) in [5.41, 5.74) is 1.20. The second-order valence-electron chi connectivity index (χ2n) is 7.82. The second-order valence-corrected chi connectivity index (χ2v) is 9.78. The van der Waals surface area contributed by atoms with Gasteiger partial charge in [0.2, 0.25) is 11.7 Å². The van der Waals surface area contributed by atoms with E-state index >= 15 is 0 Å². The van der Waals surface area contributed by atoms with E-state index in [0.29, 0.717) is 39.4 Å². The van der Waals surface area contributed by atoms with E-state index in [2.05, 4.69) is 15.5 Å². The predicted octanol–water partition coefficient (Wildman–Crippen LogP) is 3.96. The maximum absolute atomic E-state index is 12.9. The molecule has 210 valence electrons. The minimum Gasteiger partial charge on any atom is -0.493 e. The molecule has 0 bridgehead atoms. The minimum absolute atomic E-state index is 0.0326. The van der Waals surface area contributed by atoms with Gasteiger partial charge in [-0.15, -0.1) is 21.5 Å². The number of aromatic nitrogens is 3. The van der Waals surface area contributed by atoms with Crippen molar-refractivity contribution >= 4 is 45.9 Å². The zero-order valence-electron chi connectivity index (χ0n) is 22.7. The lowest BCUT2D eigenvalue weighted by Gasteiger charge is -2.14. The number of hydrogen-bond acceptors (Lipinski definition) is 12. The van der Waals surface area contributed by atoms with Gasteiger partial charge in [-0.2, -0.15) is 0 Å². The van der Waals surface area contributed by atoms with Gasteiger partial charge in [0.25, 0.3) is 0 Å². The van der Waals surface area contributed by atoms with E-state index in [1.165, 1.54) is 21.3 Å². The van der Waals surface area contributed by atoms with E-state index in [-0.39, 0.29) is 34.4 Å². The number of thioether (sulfide) groups is 1. The van der Waals surface area contributed by atoms with Gasteiger partial charge in [-0.25, -0.2) is 9.59 Å². The minimum atomic E-state index is -0.631. The van der Waals surface area contributed by atoms with Crippen LogP contribution in [0.5, 0.6) is 17.2 Å². The van der Waals surface area contributed by atoms with Crippen LogP contribution in [0, 0.1) is 6.92 Å². The van der Waals surface area contributed by atoms with E-state index < -0.39 is 17.8 Å². The van der Waals surface area contributed by atoms with Crippen LogP contribution in [0.1, 0.15) is 39.4 Å². The van der Waals surface area contributed by atoms with Gasteiger partial charge < -0.3 is 33.6 Å². The van der Waals surface area contributed by atoms with Crippen LogP contribution in [-0.2, 0) is 21.3 Å². The molecule has 0 unspecified atom stereocenters. The van der Waals surface area contributed by atoms with Crippen molar-refractivity contribution in [2.24, 2.45) is 7.05 Å². The lowest BCUT2D eigenvalue weighted by atomic mass is 10.1. The Morgan fingerprint density at radius 1 is 0.974 bits per heavy atom. The average molecular weight is 579 g/mol. The smallest absolute Gasteiger partial charge is 0.348 e. The number of amides is 1. The van der Waals surface area contributed by atoms with Crippen molar-refractivity contribution in [3.8, 4) is 28.6 Å². The van der Waals surface area contributed by atoms with E-state index in [9.17, 15) is 14.4 Å². The molecular formula is C25H30N4O8S2. The number of thiophene rings is 1. The third kappa shape index (κ3) is 6.45. The third-order valence-corrected chi connectivity index (χ3v) is 7.64. The Balaban J connectivity index is 1.80. The zero-order chi connectivity index (χ0) is 28.7. The van der Waals surface area contributed by atoms with E-state index in [0.717, 1.165) is 23.1 Å². The number of rotatable bonds is 12. The van der Waals surface area contributed by atoms with Crippen molar-refractivity contribution < 1.29 is 38.1 Å². The fraction of sp³-hybridized carbons (Fsp3) is 0.400. The summed E-state index contributed by atoms with van der Waals surface area (Å²) in [4.78, 5) is 38.0. The highest BCUT2D eigenvalue weighted by Gasteiger charge is 2.27. The van der Waals surface area contributed by atoms with Crippen LogP contribution in [-0.4, -0.2) is 72.9 Å². The number of carbonyl (C=O) groups excluding carboxylic acids is 3. The molecule has 0 saturated heterocycles. The summed E-state index contributed by atoms with van der Waals surface area (Å²) >= 11 is 2.12. The molecule has 0 atom stereocenters. The SMILES string of the molecule is CCOC(=O)c1sc(NC(=O)CSc2nnc(-c3cc(OC)c(OC)c(OC)c3)n2C)c(C(=O)OCC)c1C. The number of carbonyl (C=O) groups is 3. The molecule has 39 heavy (non-hydrogen) atoms. The van der Waals surface area contributed by atoms with Gasteiger partial charge in [-0.1, -0.05) is 11.8 Å². The number of anilines is 1. The molecule has 1 N–H and O–H groups in total. The first-order chi connectivity index (χ1) is 18.7. The van der Waals surface area contributed by atoms with Crippen molar-refractivity contribution in [2.45, 2.75) is 25.9 Å². The first-order valence-electron chi connectivity index (χ1n) is 11.8. The van der Waals surface area contributed by atoms with E-state index in [4.69, 9.17) is 23.7 Å². The Labute approximate surface area is 233 Å². The Morgan fingerprint density at radius 2 is 1.59 bits per heavy atom. The highest BCUT2D eigenvalue weighted by Crippen LogP contribution is 2.41. The van der Waals surface area contributed by atoms with Gasteiger partial charge in [-0.3, -0.25) is 4.79 Å². The van der Waals surface area contributed by atoms with Gasteiger partial charge >= 0.3 is 11.9 Å². The summed E-state index contributed by atoms with van der Waals surface area (Å²) in [6.07, 6.45) is 0. The van der Waals surface area contributed by atoms with Crippen molar-refractivity contribution in [1.29, 1.82) is 0 Å². The second kappa shape index (κ2) is 13.3. The molecule has 3 aromatic rings. The fourth-order valence-electron chi connectivity index (χ4n) is 3.64. The van der Waals surface area contributed by atoms with Crippen molar-refractivity contribution in [2.75, 3.05) is 45.6 Å². The van der Waals surface area contributed by atoms with Gasteiger partial charge in [-0.05, 0) is 38.5 Å². The quantitative estimate of drug-likeness (QED) is 0.247. The van der Waals surface area contributed by atoms with Crippen LogP contribution in [0.25, 0.3) is 11.4 Å². The van der Waals surface area contributed by atoms with Gasteiger partial charge in [0.05, 0.1) is 45.9 Å². The van der Waals surface area contributed by atoms with Crippen molar-refractivity contribution in [3.63, 3.8) is 0 Å². The highest BCUT2D eigenvalue weighted by atomic mass is 32.2. The summed E-state index contributed by atoms with van der Waals surface area (Å²) in [6.45, 7) is 5.30. The molecule has 0 radical (unpaired) electrons. The Morgan fingerprint density at radius 3 is 2.15 bits per heavy atom. The maximum atomic E-state index is 12.9. The number of nitrogens with one attached hydrogen (secondary N) is 1. The number of ether oxygens (including phenoxy) is 5. The molecule has 2 heterocycles. The molecule has 1 aromatic carbocycles. The third-order valence-electron chi connectivity index (χ3n) is 5.43. The van der Waals surface area contributed by atoms with Gasteiger partial charge in [0.15, 0.2) is 22.5 Å². The summed E-state index contributed by atoms with van der Waals surface area (Å²) in [7, 11) is 6.34. The Bertz CT molecular complexity index is 1340. The molecule has 0 saturated carbocycles. The number of methoxy groups -OCH3 is 3. The molecule has 14 heteroatoms. The van der Waals surface area contributed by atoms with Crippen LogP contribution >= 0.6 is 23.1 Å². The van der Waals surface area contributed by atoms with Crippen LogP contribution in [0.3, 0.4) is 0 Å². The van der Waals surface area contributed by atoms with Gasteiger partial charge in [0.1, 0.15) is 9.88 Å². The van der Waals surface area contributed by atoms with Crippen LogP contribution in [0.2, 0.25) is 0 Å². The molecule has 0 fully saturated rings. The van der Waals surface area contributed by atoms with Crippen LogP contribution in [0.4, 0.5) is 5.00 Å². The van der Waals surface area contributed by atoms with Crippen LogP contribution in [0.15, 0.2) is 17.3 Å². The first kappa shape index (κ1) is 29.8. The predicted molar refractivity (Wildman–Crippen MR) is 146 cm³/mol. The summed E-state index contributed by atoms with van der Waals surface area (Å²) in [6, 6.07) is 3.51. The number of benzene rings is 1. The van der Waals surface area contributed by atoms with Gasteiger partial charge in [0, 0.05) is 12.6 Å². The number of hydrogen-bond donors (Lipinski definition) is 1. The molecule has 0 aliphatic rings. The highest BCUT2D eigenvalue weighted by molar-refractivity contribution is 7.99. The lowest BCUT2D eigenvalue weighted by molar-refractivity contribution is -0.113. The van der Waals surface area contributed by atoms with Crippen LogP contribution < -0.4 is 19.5 Å². The Hall–Kier alpha value is -3.78. The Kier molecular flexibility index (Phi) is 10.2. The van der Waals surface area contributed by atoms with E-state index in [1.54, 1.807) is 44.5 Å². The first-order valence-corrected chi connectivity index (χ1v) is 13.6. The summed E-state index contributed by atoms with van der Waals surface area (Å²) in [5, 5.41) is 11.9. The zero-order valence-corrected chi connectivity index (χ0v) is 24.3. The number of nitrogens with zero attached hydrogens (tertiary/aromatic N) is 3.